The third kappa shape index (κ3) is 6.62. The van der Waals surface area contributed by atoms with Gasteiger partial charge in [-0.05, 0) is 31.5 Å². The average Bonchev–Trinajstić information content (AvgIpc) is 2.94. The van der Waals surface area contributed by atoms with Gasteiger partial charge in [0.1, 0.15) is 0 Å². The van der Waals surface area contributed by atoms with E-state index in [4.69, 9.17) is 9.73 Å². The first-order valence-electron chi connectivity index (χ1n) is 12.4. The molecule has 2 atom stereocenters. The summed E-state index contributed by atoms with van der Waals surface area (Å²) in [5.74, 6) is -0.627. The maximum atomic E-state index is 13.5. The summed E-state index contributed by atoms with van der Waals surface area (Å²) in [7, 11) is -4.01. The third-order valence-electron chi connectivity index (χ3n) is 5.98. The fraction of sp³-hybridized carbons (Fsp3) is 0.161. The number of benzene rings is 4. The van der Waals surface area contributed by atoms with Crippen LogP contribution in [-0.2, 0) is 19.6 Å². The Labute approximate surface area is 224 Å². The van der Waals surface area contributed by atoms with Gasteiger partial charge in [-0.3, -0.25) is 4.99 Å². The van der Waals surface area contributed by atoms with E-state index in [0.29, 0.717) is 11.3 Å². The van der Waals surface area contributed by atoms with Crippen molar-refractivity contribution >= 4 is 21.7 Å². The van der Waals surface area contributed by atoms with Gasteiger partial charge in [-0.2, -0.15) is 0 Å². The molecule has 4 rings (SSSR count). The number of hydrogen-bond donors (Lipinski definition) is 1. The molecule has 7 heteroatoms. The van der Waals surface area contributed by atoms with Crippen molar-refractivity contribution in [3.63, 3.8) is 0 Å². The SMILES string of the molecule is CCOC(=O)[C@H](N=C(c1ccccc1)c1ccccc1)[C@H](NS(=O)(=O)c1ccc(C)cc1)c1ccccc1. The summed E-state index contributed by atoms with van der Waals surface area (Å²) in [6.07, 6.45) is 0. The van der Waals surface area contributed by atoms with Gasteiger partial charge in [0, 0.05) is 11.1 Å². The molecule has 0 saturated carbocycles. The molecule has 4 aromatic carbocycles. The van der Waals surface area contributed by atoms with Gasteiger partial charge in [0.15, 0.2) is 6.04 Å². The van der Waals surface area contributed by atoms with Crippen LogP contribution in [0.5, 0.6) is 0 Å². The summed E-state index contributed by atoms with van der Waals surface area (Å²) >= 11 is 0. The van der Waals surface area contributed by atoms with Gasteiger partial charge in [-0.1, -0.05) is 109 Å². The van der Waals surface area contributed by atoms with Gasteiger partial charge in [0.25, 0.3) is 0 Å². The first-order valence-corrected chi connectivity index (χ1v) is 13.9. The van der Waals surface area contributed by atoms with E-state index in [1.807, 2.05) is 73.7 Å². The molecule has 0 aliphatic rings. The van der Waals surface area contributed by atoms with Gasteiger partial charge in [0.05, 0.1) is 23.3 Å². The molecule has 0 amide bonds. The van der Waals surface area contributed by atoms with Crippen molar-refractivity contribution in [1.82, 2.24) is 4.72 Å². The fourth-order valence-corrected chi connectivity index (χ4v) is 5.30. The van der Waals surface area contributed by atoms with Crippen molar-refractivity contribution in [2.24, 2.45) is 4.99 Å². The second-order valence-electron chi connectivity index (χ2n) is 8.73. The highest BCUT2D eigenvalue weighted by molar-refractivity contribution is 7.89. The largest absolute Gasteiger partial charge is 0.464 e. The fourth-order valence-electron chi connectivity index (χ4n) is 4.07. The highest BCUT2D eigenvalue weighted by Crippen LogP contribution is 2.26. The Morgan fingerprint density at radius 2 is 1.29 bits per heavy atom. The zero-order chi connectivity index (χ0) is 27.0. The topological polar surface area (TPSA) is 84.8 Å². The van der Waals surface area contributed by atoms with E-state index in [9.17, 15) is 13.2 Å². The zero-order valence-corrected chi connectivity index (χ0v) is 22.1. The number of sulfonamides is 1. The number of hydrogen-bond acceptors (Lipinski definition) is 5. The van der Waals surface area contributed by atoms with Crippen LogP contribution in [0.1, 0.15) is 35.2 Å². The van der Waals surface area contributed by atoms with E-state index in [-0.39, 0.29) is 11.5 Å². The lowest BCUT2D eigenvalue weighted by molar-refractivity contribution is -0.145. The molecule has 0 heterocycles. The molecule has 0 aliphatic heterocycles. The molecule has 194 valence electrons. The predicted molar refractivity (Wildman–Crippen MR) is 150 cm³/mol. The summed E-state index contributed by atoms with van der Waals surface area (Å²) in [6, 6.07) is 32.3. The normalized spacial score (nSPS) is 12.8. The maximum Gasteiger partial charge on any atom is 0.332 e. The molecule has 6 nitrogen and oxygen atoms in total. The highest BCUT2D eigenvalue weighted by atomic mass is 32.2. The van der Waals surface area contributed by atoms with Crippen LogP contribution in [0, 0.1) is 6.92 Å². The van der Waals surface area contributed by atoms with E-state index >= 15 is 0 Å². The van der Waals surface area contributed by atoms with Crippen molar-refractivity contribution in [2.45, 2.75) is 30.8 Å². The molecule has 0 saturated heterocycles. The molecule has 0 fully saturated rings. The number of nitrogens with zero attached hydrogens (tertiary/aromatic N) is 1. The molecule has 0 bridgehead atoms. The van der Waals surface area contributed by atoms with Gasteiger partial charge < -0.3 is 4.74 Å². The Morgan fingerprint density at radius 3 is 1.79 bits per heavy atom. The lowest BCUT2D eigenvalue weighted by Crippen LogP contribution is -2.41. The Bertz CT molecular complexity index is 1430. The summed E-state index contributed by atoms with van der Waals surface area (Å²) < 4.78 is 35.2. The van der Waals surface area contributed by atoms with Crippen LogP contribution in [0.25, 0.3) is 0 Å². The minimum absolute atomic E-state index is 0.0990. The lowest BCUT2D eigenvalue weighted by atomic mass is 9.98. The van der Waals surface area contributed by atoms with Gasteiger partial charge in [-0.15, -0.1) is 0 Å². The van der Waals surface area contributed by atoms with Crippen LogP contribution in [0.15, 0.2) is 125 Å². The molecule has 1 N–H and O–H groups in total. The predicted octanol–water partition coefficient (Wildman–Crippen LogP) is 5.48. The number of aryl methyl sites for hydroxylation is 1. The van der Waals surface area contributed by atoms with E-state index in [0.717, 1.165) is 16.7 Å². The van der Waals surface area contributed by atoms with Crippen LogP contribution in [0.4, 0.5) is 0 Å². The summed E-state index contributed by atoms with van der Waals surface area (Å²) in [4.78, 5) is 18.5. The van der Waals surface area contributed by atoms with Crippen molar-refractivity contribution in [1.29, 1.82) is 0 Å². The molecule has 0 aromatic heterocycles. The molecule has 0 unspecified atom stereocenters. The number of nitrogens with one attached hydrogen (secondary N) is 1. The summed E-state index contributed by atoms with van der Waals surface area (Å²) in [5, 5.41) is 0. The second-order valence-corrected chi connectivity index (χ2v) is 10.4. The summed E-state index contributed by atoms with van der Waals surface area (Å²) in [6.45, 7) is 3.72. The molecule has 0 spiro atoms. The first-order chi connectivity index (χ1) is 18.4. The number of carbonyl (C=O) groups excluding carboxylic acids is 1. The van der Waals surface area contributed by atoms with E-state index in [1.54, 1.807) is 55.5 Å². The van der Waals surface area contributed by atoms with Gasteiger partial charge in [0.2, 0.25) is 10.0 Å². The van der Waals surface area contributed by atoms with Crippen molar-refractivity contribution in [3.05, 3.63) is 138 Å². The maximum absolute atomic E-state index is 13.5. The van der Waals surface area contributed by atoms with Crippen molar-refractivity contribution < 1.29 is 17.9 Å². The first kappa shape index (κ1) is 27.0. The van der Waals surface area contributed by atoms with Crippen molar-refractivity contribution in [3.8, 4) is 0 Å². The van der Waals surface area contributed by atoms with Crippen LogP contribution >= 0.6 is 0 Å². The molecular weight excluding hydrogens is 496 g/mol. The molecular formula is C31H30N2O4S. The quantitative estimate of drug-likeness (QED) is 0.219. The van der Waals surface area contributed by atoms with Crippen molar-refractivity contribution in [2.75, 3.05) is 6.61 Å². The molecule has 0 radical (unpaired) electrons. The molecule has 38 heavy (non-hydrogen) atoms. The molecule has 0 aliphatic carbocycles. The smallest absolute Gasteiger partial charge is 0.332 e. The Balaban J connectivity index is 1.89. The zero-order valence-electron chi connectivity index (χ0n) is 21.3. The lowest BCUT2D eigenvalue weighted by Gasteiger charge is -2.25. The number of aliphatic imine (C=N–C) groups is 1. The Hall–Kier alpha value is -4.07. The minimum Gasteiger partial charge on any atom is -0.464 e. The Kier molecular flexibility index (Phi) is 8.84. The highest BCUT2D eigenvalue weighted by Gasteiger charge is 2.35. The van der Waals surface area contributed by atoms with Crippen LogP contribution < -0.4 is 4.72 Å². The second kappa shape index (κ2) is 12.4. The standard InChI is InChI=1S/C31H30N2O4S/c1-3-37-31(34)30(32-28(24-13-7-4-8-14-24)25-15-9-5-10-16-25)29(26-17-11-6-12-18-26)33-38(35,36)27-21-19-23(2)20-22-27/h4-22,29-30,33H,3H2,1-2H3/t29-,30-/m1/s1. The van der Waals surface area contributed by atoms with E-state index in [1.165, 1.54) is 0 Å². The number of ether oxygens (including phenoxy) is 1. The van der Waals surface area contributed by atoms with E-state index in [2.05, 4.69) is 4.72 Å². The summed E-state index contributed by atoms with van der Waals surface area (Å²) in [5.41, 5.74) is 3.67. The number of rotatable bonds is 10. The van der Waals surface area contributed by atoms with Gasteiger partial charge in [-0.25, -0.2) is 17.9 Å². The number of esters is 1. The molecule has 4 aromatic rings. The van der Waals surface area contributed by atoms with Crippen LogP contribution in [0.2, 0.25) is 0 Å². The number of carbonyl (C=O) groups is 1. The minimum atomic E-state index is -4.01. The third-order valence-corrected chi connectivity index (χ3v) is 7.44. The Morgan fingerprint density at radius 1 is 0.789 bits per heavy atom. The average molecular weight is 527 g/mol. The van der Waals surface area contributed by atoms with Crippen LogP contribution in [-0.4, -0.2) is 32.7 Å². The van der Waals surface area contributed by atoms with E-state index < -0.39 is 28.1 Å². The van der Waals surface area contributed by atoms with Crippen LogP contribution in [0.3, 0.4) is 0 Å². The monoisotopic (exact) mass is 526 g/mol. The van der Waals surface area contributed by atoms with Gasteiger partial charge >= 0.3 is 5.97 Å².